The zero-order valence-electron chi connectivity index (χ0n) is 8.48. The van der Waals surface area contributed by atoms with Crippen molar-refractivity contribution in [1.82, 2.24) is 4.90 Å². The molecule has 4 nitrogen and oxygen atoms in total. The Morgan fingerprint density at radius 2 is 2.00 bits per heavy atom. The third-order valence-electron chi connectivity index (χ3n) is 1.89. The molecule has 1 aromatic carbocycles. The molecule has 0 atom stereocenters. The first-order chi connectivity index (χ1) is 7.86. The summed E-state index contributed by atoms with van der Waals surface area (Å²) in [4.78, 5) is 16.9. The summed E-state index contributed by atoms with van der Waals surface area (Å²) in [7, 11) is 0. The van der Waals surface area contributed by atoms with Gasteiger partial charge in [-0.3, -0.25) is 9.89 Å². The first-order valence-corrected chi connectivity index (χ1v) is 4.78. The maximum Gasteiger partial charge on any atom is 0.423 e. The van der Waals surface area contributed by atoms with Crippen LogP contribution in [0.3, 0.4) is 0 Å². The molecule has 0 spiro atoms. The predicted molar refractivity (Wildman–Crippen MR) is 61.1 cm³/mol. The van der Waals surface area contributed by atoms with Gasteiger partial charge in [0, 0.05) is 24.8 Å². The maximum atomic E-state index is 11.7. The van der Waals surface area contributed by atoms with Crippen LogP contribution in [0.4, 0.5) is 4.79 Å². The van der Waals surface area contributed by atoms with Crippen LogP contribution in [0.1, 0.15) is 0 Å². The molecule has 0 bridgehead atoms. The van der Waals surface area contributed by atoms with Crippen molar-refractivity contribution in [1.29, 1.82) is 0 Å². The number of carbonyl (C=O) groups is 1. The molecule has 1 aromatic rings. The highest BCUT2D eigenvalue weighted by molar-refractivity contribution is 5.77. The standard InChI is InChI=1S/C12H10N2O2/c15-12(14-9-4-7-13-8-10-14)16-11-5-2-1-3-6-11/h1-10H. The summed E-state index contributed by atoms with van der Waals surface area (Å²) in [5.74, 6) is 0.513. The van der Waals surface area contributed by atoms with Crippen molar-refractivity contribution in [2.24, 2.45) is 4.99 Å². The fourth-order valence-electron chi connectivity index (χ4n) is 1.15. The number of benzene rings is 1. The monoisotopic (exact) mass is 214 g/mol. The second-order valence-electron chi connectivity index (χ2n) is 3.03. The Balaban J connectivity index is 2.04. The van der Waals surface area contributed by atoms with Crippen LogP contribution < -0.4 is 4.74 Å². The Hall–Kier alpha value is -2.36. The molecule has 0 saturated heterocycles. The summed E-state index contributed by atoms with van der Waals surface area (Å²) in [5.41, 5.74) is 0. The van der Waals surface area contributed by atoms with E-state index in [0.717, 1.165) is 0 Å². The minimum atomic E-state index is -0.468. The largest absolute Gasteiger partial charge is 0.423 e. The molecule has 16 heavy (non-hydrogen) atoms. The van der Waals surface area contributed by atoms with Crippen LogP contribution >= 0.6 is 0 Å². The number of rotatable bonds is 1. The van der Waals surface area contributed by atoms with Gasteiger partial charge in [-0.15, -0.1) is 0 Å². The molecular formula is C12H10N2O2. The van der Waals surface area contributed by atoms with Crippen LogP contribution in [0, 0.1) is 0 Å². The molecule has 0 N–H and O–H groups in total. The molecule has 0 aromatic heterocycles. The average molecular weight is 214 g/mol. The fraction of sp³-hybridized carbons (Fsp3) is 0. The number of hydrogen-bond acceptors (Lipinski definition) is 3. The lowest BCUT2D eigenvalue weighted by molar-refractivity contribution is 0.182. The Kier molecular flexibility index (Phi) is 3.13. The van der Waals surface area contributed by atoms with Crippen molar-refractivity contribution >= 4 is 12.3 Å². The van der Waals surface area contributed by atoms with Crippen LogP contribution in [0.15, 0.2) is 60.0 Å². The number of aliphatic imine (C=N–C) groups is 1. The number of ether oxygens (including phenoxy) is 1. The SMILES string of the molecule is O=C(Oc1ccccc1)N1C=CC=NC=C1. The molecule has 1 aliphatic heterocycles. The van der Waals surface area contributed by atoms with Crippen LogP contribution in [-0.4, -0.2) is 17.2 Å². The van der Waals surface area contributed by atoms with Gasteiger partial charge in [-0.1, -0.05) is 18.2 Å². The summed E-state index contributed by atoms with van der Waals surface area (Å²) in [6.45, 7) is 0. The molecule has 0 saturated carbocycles. The number of nitrogens with zero attached hydrogens (tertiary/aromatic N) is 2. The van der Waals surface area contributed by atoms with Crippen molar-refractivity contribution in [2.45, 2.75) is 0 Å². The van der Waals surface area contributed by atoms with Gasteiger partial charge in [0.1, 0.15) is 5.75 Å². The lowest BCUT2D eigenvalue weighted by Gasteiger charge is -2.12. The summed E-state index contributed by atoms with van der Waals surface area (Å²) in [6, 6.07) is 8.91. The fourth-order valence-corrected chi connectivity index (χ4v) is 1.15. The van der Waals surface area contributed by atoms with Crippen molar-refractivity contribution in [3.63, 3.8) is 0 Å². The van der Waals surface area contributed by atoms with E-state index in [2.05, 4.69) is 4.99 Å². The lowest BCUT2D eigenvalue weighted by Crippen LogP contribution is -2.23. The molecule has 0 unspecified atom stereocenters. The second-order valence-corrected chi connectivity index (χ2v) is 3.03. The third kappa shape index (κ3) is 2.57. The number of amides is 1. The first kappa shape index (κ1) is 10.2. The van der Waals surface area contributed by atoms with Gasteiger partial charge in [-0.25, -0.2) is 4.79 Å². The zero-order valence-corrected chi connectivity index (χ0v) is 8.48. The van der Waals surface area contributed by atoms with Crippen LogP contribution in [0.2, 0.25) is 0 Å². The van der Waals surface area contributed by atoms with E-state index >= 15 is 0 Å². The van der Waals surface area contributed by atoms with E-state index in [1.807, 2.05) is 6.07 Å². The molecule has 1 aliphatic rings. The van der Waals surface area contributed by atoms with Gasteiger partial charge in [0.2, 0.25) is 0 Å². The third-order valence-corrected chi connectivity index (χ3v) is 1.89. The number of carbonyl (C=O) groups excluding carboxylic acids is 1. The van der Waals surface area contributed by atoms with Crippen molar-refractivity contribution in [3.8, 4) is 5.75 Å². The van der Waals surface area contributed by atoms with Gasteiger partial charge >= 0.3 is 6.09 Å². The normalized spacial score (nSPS) is 13.6. The van der Waals surface area contributed by atoms with Crippen LogP contribution in [-0.2, 0) is 0 Å². The van der Waals surface area contributed by atoms with Gasteiger partial charge < -0.3 is 4.74 Å². The molecule has 0 aliphatic carbocycles. The Morgan fingerprint density at radius 1 is 1.19 bits per heavy atom. The number of para-hydroxylation sites is 1. The van der Waals surface area contributed by atoms with E-state index in [1.165, 1.54) is 17.3 Å². The van der Waals surface area contributed by atoms with Crippen molar-refractivity contribution in [3.05, 3.63) is 55.0 Å². The van der Waals surface area contributed by atoms with Gasteiger partial charge in [0.15, 0.2) is 0 Å². The number of hydrogen-bond donors (Lipinski definition) is 0. The van der Waals surface area contributed by atoms with Gasteiger partial charge in [-0.05, 0) is 18.2 Å². The van der Waals surface area contributed by atoms with E-state index in [4.69, 9.17) is 4.74 Å². The Bertz CT molecular complexity index is 433. The van der Waals surface area contributed by atoms with E-state index < -0.39 is 6.09 Å². The average Bonchev–Trinajstić information content (AvgIpc) is 2.59. The van der Waals surface area contributed by atoms with Crippen molar-refractivity contribution < 1.29 is 9.53 Å². The highest BCUT2D eigenvalue weighted by Gasteiger charge is 2.10. The van der Waals surface area contributed by atoms with Gasteiger partial charge in [-0.2, -0.15) is 0 Å². The number of allylic oxidation sites excluding steroid dienone is 1. The molecule has 0 radical (unpaired) electrons. The minimum absolute atomic E-state index is 0.468. The minimum Gasteiger partial charge on any atom is -0.410 e. The first-order valence-electron chi connectivity index (χ1n) is 4.78. The van der Waals surface area contributed by atoms with E-state index in [1.54, 1.807) is 42.8 Å². The molecule has 2 rings (SSSR count). The second kappa shape index (κ2) is 4.93. The quantitative estimate of drug-likeness (QED) is 0.720. The topological polar surface area (TPSA) is 41.9 Å². The van der Waals surface area contributed by atoms with Crippen LogP contribution in [0.25, 0.3) is 0 Å². The van der Waals surface area contributed by atoms with Gasteiger partial charge in [0.05, 0.1) is 0 Å². The molecule has 4 heteroatoms. The van der Waals surface area contributed by atoms with Crippen molar-refractivity contribution in [2.75, 3.05) is 0 Å². The predicted octanol–water partition coefficient (Wildman–Crippen LogP) is 2.56. The lowest BCUT2D eigenvalue weighted by atomic mass is 10.3. The Labute approximate surface area is 93.2 Å². The highest BCUT2D eigenvalue weighted by Crippen LogP contribution is 2.11. The van der Waals surface area contributed by atoms with E-state index in [0.29, 0.717) is 5.75 Å². The highest BCUT2D eigenvalue weighted by atomic mass is 16.6. The summed E-state index contributed by atoms with van der Waals surface area (Å²) < 4.78 is 5.14. The van der Waals surface area contributed by atoms with Gasteiger partial charge in [0.25, 0.3) is 0 Å². The van der Waals surface area contributed by atoms with E-state index in [-0.39, 0.29) is 0 Å². The van der Waals surface area contributed by atoms with Crippen LogP contribution in [0.5, 0.6) is 5.75 Å². The molecule has 0 fully saturated rings. The Morgan fingerprint density at radius 3 is 2.81 bits per heavy atom. The zero-order chi connectivity index (χ0) is 11.2. The smallest absolute Gasteiger partial charge is 0.410 e. The maximum absolute atomic E-state index is 11.7. The van der Waals surface area contributed by atoms with E-state index in [9.17, 15) is 4.79 Å². The summed E-state index contributed by atoms with van der Waals surface area (Å²) in [5, 5.41) is 0. The summed E-state index contributed by atoms with van der Waals surface area (Å²) >= 11 is 0. The molecular weight excluding hydrogens is 204 g/mol. The summed E-state index contributed by atoms with van der Waals surface area (Å²) in [6.07, 6.45) is 7.41. The molecule has 1 amide bonds. The molecule has 80 valence electrons. The molecule has 1 heterocycles.